The van der Waals surface area contributed by atoms with Crippen molar-refractivity contribution in [3.05, 3.63) is 41.7 Å². The summed E-state index contributed by atoms with van der Waals surface area (Å²) in [5.74, 6) is 0. The number of aromatic amines is 1. The van der Waals surface area contributed by atoms with E-state index >= 15 is 0 Å². The molecule has 1 aromatic carbocycles. The highest BCUT2D eigenvalue weighted by Gasteiger charge is 2.24. The molecule has 7 nitrogen and oxygen atoms in total. The number of nitrogen functional groups attached to an aromatic ring is 1. The van der Waals surface area contributed by atoms with Crippen LogP contribution in [0.1, 0.15) is 11.1 Å². The van der Waals surface area contributed by atoms with E-state index in [1.54, 1.807) is 12.4 Å². The molecule has 2 rings (SSSR count). The molecule has 2 aromatic rings. The van der Waals surface area contributed by atoms with Gasteiger partial charge in [0.05, 0.1) is 11.8 Å². The van der Waals surface area contributed by atoms with Crippen molar-refractivity contribution in [3.63, 3.8) is 0 Å². The van der Waals surface area contributed by atoms with E-state index in [0.29, 0.717) is 5.69 Å². The zero-order valence-electron chi connectivity index (χ0n) is 10.7. The number of benzene rings is 1. The molecule has 0 spiro atoms. The fourth-order valence-electron chi connectivity index (χ4n) is 1.73. The van der Waals surface area contributed by atoms with Crippen molar-refractivity contribution < 1.29 is 8.42 Å². The van der Waals surface area contributed by atoms with Gasteiger partial charge in [0.2, 0.25) is 10.0 Å². The van der Waals surface area contributed by atoms with Crippen molar-refractivity contribution in [2.75, 3.05) is 12.8 Å². The van der Waals surface area contributed by atoms with Crippen LogP contribution >= 0.6 is 0 Å². The van der Waals surface area contributed by atoms with Gasteiger partial charge in [-0.2, -0.15) is 14.7 Å². The van der Waals surface area contributed by atoms with Gasteiger partial charge in [0, 0.05) is 31.0 Å². The monoisotopic (exact) mass is 291 g/mol. The van der Waals surface area contributed by atoms with Crippen molar-refractivity contribution >= 4 is 15.7 Å². The minimum absolute atomic E-state index is 0.0315. The quantitative estimate of drug-likeness (QED) is 0.804. The summed E-state index contributed by atoms with van der Waals surface area (Å²) in [6, 6.07) is 6.00. The van der Waals surface area contributed by atoms with Crippen LogP contribution in [0.25, 0.3) is 0 Å². The summed E-state index contributed by atoms with van der Waals surface area (Å²) >= 11 is 0. The molecule has 0 unspecified atom stereocenters. The van der Waals surface area contributed by atoms with Crippen LogP contribution in [0, 0.1) is 11.3 Å². The molecule has 0 saturated carbocycles. The molecule has 0 aliphatic carbocycles. The molecule has 0 atom stereocenters. The third-order valence-electron chi connectivity index (χ3n) is 2.77. The summed E-state index contributed by atoms with van der Waals surface area (Å²) in [4.78, 5) is -0.0554. The second kappa shape index (κ2) is 5.32. The fourth-order valence-corrected chi connectivity index (χ4v) is 3.01. The molecule has 0 aliphatic heterocycles. The van der Waals surface area contributed by atoms with Gasteiger partial charge < -0.3 is 5.73 Å². The molecule has 3 N–H and O–H groups in total. The average Bonchev–Trinajstić information content (AvgIpc) is 2.91. The van der Waals surface area contributed by atoms with Crippen LogP contribution in [0.3, 0.4) is 0 Å². The van der Waals surface area contributed by atoms with Crippen molar-refractivity contribution in [3.8, 4) is 6.07 Å². The molecule has 0 bridgehead atoms. The third kappa shape index (κ3) is 2.64. The standard InChI is InChI=1S/C12H13N5O2S/c1-17(8-9-6-15-16-7-9)20(18,19)12-3-2-11(14)4-10(12)5-13/h2-4,6-7H,8,14H2,1H3,(H,15,16). The van der Waals surface area contributed by atoms with Crippen LogP contribution in [-0.2, 0) is 16.6 Å². The normalized spacial score (nSPS) is 11.4. The van der Waals surface area contributed by atoms with E-state index in [9.17, 15) is 8.42 Å². The van der Waals surface area contributed by atoms with Gasteiger partial charge >= 0.3 is 0 Å². The molecule has 0 aliphatic rings. The SMILES string of the molecule is CN(Cc1cn[nH]c1)S(=O)(=O)c1ccc(N)cc1C#N. The van der Waals surface area contributed by atoms with Gasteiger partial charge in [-0.25, -0.2) is 8.42 Å². The van der Waals surface area contributed by atoms with E-state index in [0.717, 1.165) is 9.87 Å². The topological polar surface area (TPSA) is 116 Å². The molecule has 1 heterocycles. The van der Waals surface area contributed by atoms with Gasteiger partial charge in [-0.05, 0) is 18.2 Å². The van der Waals surface area contributed by atoms with Crippen molar-refractivity contribution in [1.29, 1.82) is 5.26 Å². The average molecular weight is 291 g/mol. The summed E-state index contributed by atoms with van der Waals surface area (Å²) in [5.41, 5.74) is 6.66. The maximum Gasteiger partial charge on any atom is 0.244 e. The number of sulfonamides is 1. The first-order valence-electron chi connectivity index (χ1n) is 5.69. The number of hydrogen-bond acceptors (Lipinski definition) is 5. The highest BCUT2D eigenvalue weighted by molar-refractivity contribution is 7.89. The second-order valence-corrected chi connectivity index (χ2v) is 6.25. The highest BCUT2D eigenvalue weighted by atomic mass is 32.2. The number of aromatic nitrogens is 2. The maximum atomic E-state index is 12.5. The lowest BCUT2D eigenvalue weighted by molar-refractivity contribution is 0.466. The Balaban J connectivity index is 2.38. The van der Waals surface area contributed by atoms with Gasteiger partial charge in [-0.3, -0.25) is 5.10 Å². The summed E-state index contributed by atoms with van der Waals surface area (Å²) in [5, 5.41) is 15.4. The Bertz CT molecular complexity index is 747. The van der Waals surface area contributed by atoms with Crippen molar-refractivity contribution in [1.82, 2.24) is 14.5 Å². The summed E-state index contributed by atoms with van der Waals surface area (Å²) in [6.07, 6.45) is 3.15. The van der Waals surface area contributed by atoms with Crippen LogP contribution in [-0.4, -0.2) is 30.0 Å². The number of hydrogen-bond donors (Lipinski definition) is 2. The minimum Gasteiger partial charge on any atom is -0.399 e. The van der Waals surface area contributed by atoms with E-state index in [1.807, 2.05) is 6.07 Å². The van der Waals surface area contributed by atoms with E-state index in [-0.39, 0.29) is 17.0 Å². The van der Waals surface area contributed by atoms with Crippen LogP contribution in [0.4, 0.5) is 5.69 Å². The van der Waals surface area contributed by atoms with Crippen molar-refractivity contribution in [2.45, 2.75) is 11.4 Å². The van der Waals surface area contributed by atoms with Crippen LogP contribution in [0.2, 0.25) is 0 Å². The number of nitriles is 1. The third-order valence-corrected chi connectivity index (χ3v) is 4.63. The Hall–Kier alpha value is -2.37. The van der Waals surface area contributed by atoms with Gasteiger partial charge in [0.25, 0.3) is 0 Å². The van der Waals surface area contributed by atoms with Gasteiger partial charge in [-0.15, -0.1) is 0 Å². The molecule has 1 aromatic heterocycles. The Labute approximate surface area is 116 Å². The molecule has 104 valence electrons. The lowest BCUT2D eigenvalue weighted by atomic mass is 10.2. The summed E-state index contributed by atoms with van der Waals surface area (Å²) in [7, 11) is -2.32. The Kier molecular flexibility index (Phi) is 3.74. The molecule has 20 heavy (non-hydrogen) atoms. The van der Waals surface area contributed by atoms with Gasteiger partial charge in [0.1, 0.15) is 11.0 Å². The first kappa shape index (κ1) is 14.0. The second-order valence-electron chi connectivity index (χ2n) is 4.24. The first-order valence-corrected chi connectivity index (χ1v) is 7.13. The van der Waals surface area contributed by atoms with Gasteiger partial charge in [-0.1, -0.05) is 0 Å². The van der Waals surface area contributed by atoms with E-state index in [4.69, 9.17) is 11.0 Å². The van der Waals surface area contributed by atoms with E-state index in [2.05, 4.69) is 10.2 Å². The Morgan fingerprint density at radius 1 is 1.50 bits per heavy atom. The maximum absolute atomic E-state index is 12.5. The fraction of sp³-hybridized carbons (Fsp3) is 0.167. The number of H-pyrrole nitrogens is 1. The Morgan fingerprint density at radius 3 is 2.85 bits per heavy atom. The predicted octanol–water partition coefficient (Wildman–Crippen LogP) is 0.684. The largest absolute Gasteiger partial charge is 0.399 e. The lowest BCUT2D eigenvalue weighted by Gasteiger charge is -2.17. The Morgan fingerprint density at radius 2 is 2.25 bits per heavy atom. The first-order chi connectivity index (χ1) is 9.45. The van der Waals surface area contributed by atoms with Crippen LogP contribution in [0.15, 0.2) is 35.5 Å². The van der Waals surface area contributed by atoms with Gasteiger partial charge in [0.15, 0.2) is 0 Å². The lowest BCUT2D eigenvalue weighted by Crippen LogP contribution is -2.27. The summed E-state index contributed by atoms with van der Waals surface area (Å²) in [6.45, 7) is 0.161. The van der Waals surface area contributed by atoms with Crippen LogP contribution in [0.5, 0.6) is 0 Å². The van der Waals surface area contributed by atoms with Crippen LogP contribution < -0.4 is 5.73 Å². The number of rotatable bonds is 4. The highest BCUT2D eigenvalue weighted by Crippen LogP contribution is 2.22. The van der Waals surface area contributed by atoms with Crippen molar-refractivity contribution in [2.24, 2.45) is 0 Å². The zero-order valence-corrected chi connectivity index (χ0v) is 11.6. The minimum atomic E-state index is -3.76. The smallest absolute Gasteiger partial charge is 0.244 e. The molecular formula is C12H13N5O2S. The summed E-state index contributed by atoms with van der Waals surface area (Å²) < 4.78 is 26.1. The molecule has 0 amide bonds. The molecule has 0 radical (unpaired) electrons. The number of nitrogens with one attached hydrogen (secondary N) is 1. The van der Waals surface area contributed by atoms with E-state index in [1.165, 1.54) is 25.2 Å². The molecule has 0 saturated heterocycles. The predicted molar refractivity (Wildman–Crippen MR) is 72.8 cm³/mol. The van der Waals surface area contributed by atoms with E-state index < -0.39 is 10.0 Å². The number of nitrogens with two attached hydrogens (primary N) is 1. The number of nitrogens with zero attached hydrogens (tertiary/aromatic N) is 3. The zero-order chi connectivity index (χ0) is 14.8. The molecule has 8 heteroatoms. The molecule has 0 fully saturated rings. The number of anilines is 1. The molecular weight excluding hydrogens is 278 g/mol.